The van der Waals surface area contributed by atoms with E-state index >= 15 is 0 Å². The van der Waals surface area contributed by atoms with E-state index in [-0.39, 0.29) is 17.1 Å². The standard InChI is InChI=1S/C13H18F3N5O2S/c14-13(15,16)11-18-19-12(24-11)21-4-2-20(3-5-21)10(22)7-9-8-23-6-1-17-9/h9,17H,1-8H2/t9-/m1/s1. The average molecular weight is 365 g/mol. The molecule has 0 unspecified atom stereocenters. The van der Waals surface area contributed by atoms with Crippen LogP contribution in [0.5, 0.6) is 0 Å². The quantitative estimate of drug-likeness (QED) is 0.845. The number of anilines is 1. The smallest absolute Gasteiger partial charge is 0.378 e. The van der Waals surface area contributed by atoms with Crippen LogP contribution in [0.15, 0.2) is 0 Å². The average Bonchev–Trinajstić information content (AvgIpc) is 3.06. The highest BCUT2D eigenvalue weighted by atomic mass is 32.1. The van der Waals surface area contributed by atoms with Gasteiger partial charge < -0.3 is 19.9 Å². The van der Waals surface area contributed by atoms with Gasteiger partial charge in [-0.25, -0.2) is 0 Å². The molecule has 0 saturated carbocycles. The minimum Gasteiger partial charge on any atom is -0.378 e. The van der Waals surface area contributed by atoms with Crippen LogP contribution >= 0.6 is 11.3 Å². The van der Waals surface area contributed by atoms with Gasteiger partial charge in [0, 0.05) is 45.2 Å². The van der Waals surface area contributed by atoms with Crippen LogP contribution in [-0.2, 0) is 15.7 Å². The van der Waals surface area contributed by atoms with Crippen molar-refractivity contribution in [3.8, 4) is 0 Å². The molecular weight excluding hydrogens is 347 g/mol. The lowest BCUT2D eigenvalue weighted by Crippen LogP contribution is -2.51. The van der Waals surface area contributed by atoms with Crippen molar-refractivity contribution in [2.45, 2.75) is 18.6 Å². The molecule has 2 aliphatic rings. The van der Waals surface area contributed by atoms with Crippen LogP contribution in [-0.4, -0.2) is 73.0 Å². The van der Waals surface area contributed by atoms with E-state index in [2.05, 4.69) is 15.5 Å². The highest BCUT2D eigenvalue weighted by Crippen LogP contribution is 2.34. The van der Waals surface area contributed by atoms with Gasteiger partial charge in [0.1, 0.15) is 0 Å². The second kappa shape index (κ2) is 7.19. The number of ether oxygens (including phenoxy) is 1. The SMILES string of the molecule is O=C(C[C@@H]1COCCN1)N1CCN(c2nnc(C(F)(F)F)s2)CC1. The van der Waals surface area contributed by atoms with E-state index in [0.717, 1.165) is 6.54 Å². The van der Waals surface area contributed by atoms with E-state index in [0.29, 0.717) is 57.2 Å². The molecule has 0 aliphatic carbocycles. The predicted molar refractivity (Wildman–Crippen MR) is 80.9 cm³/mol. The Bertz CT molecular complexity index is 568. The minimum absolute atomic E-state index is 0.0294. The number of morpholine rings is 1. The highest BCUT2D eigenvalue weighted by molar-refractivity contribution is 7.15. The number of amides is 1. The molecule has 1 amide bonds. The normalized spacial score (nSPS) is 22.7. The summed E-state index contributed by atoms with van der Waals surface area (Å²) >= 11 is 0.533. The van der Waals surface area contributed by atoms with E-state index in [9.17, 15) is 18.0 Å². The minimum atomic E-state index is -4.47. The van der Waals surface area contributed by atoms with E-state index < -0.39 is 11.2 Å². The van der Waals surface area contributed by atoms with Crippen LogP contribution < -0.4 is 10.2 Å². The Balaban J connectivity index is 1.50. The summed E-state index contributed by atoms with van der Waals surface area (Å²) < 4.78 is 43.1. The maximum atomic E-state index is 12.6. The predicted octanol–water partition coefficient (Wildman–Crippen LogP) is 0.584. The monoisotopic (exact) mass is 365 g/mol. The van der Waals surface area contributed by atoms with Crippen LogP contribution in [0.1, 0.15) is 11.4 Å². The van der Waals surface area contributed by atoms with Crippen LogP contribution in [0, 0.1) is 0 Å². The highest BCUT2D eigenvalue weighted by Gasteiger charge is 2.36. The van der Waals surface area contributed by atoms with Crippen molar-refractivity contribution in [1.29, 1.82) is 0 Å². The van der Waals surface area contributed by atoms with Gasteiger partial charge in [-0.15, -0.1) is 10.2 Å². The summed E-state index contributed by atoms with van der Waals surface area (Å²) in [5, 5.41) is 9.34. The summed E-state index contributed by atoms with van der Waals surface area (Å²) in [7, 11) is 0. The Morgan fingerprint density at radius 3 is 2.62 bits per heavy atom. The van der Waals surface area contributed by atoms with Gasteiger partial charge in [0.15, 0.2) is 0 Å². The maximum absolute atomic E-state index is 12.6. The van der Waals surface area contributed by atoms with Gasteiger partial charge >= 0.3 is 6.18 Å². The maximum Gasteiger partial charge on any atom is 0.445 e. The zero-order chi connectivity index (χ0) is 17.2. The van der Waals surface area contributed by atoms with Gasteiger partial charge in [-0.3, -0.25) is 4.79 Å². The van der Waals surface area contributed by atoms with Crippen molar-refractivity contribution in [3.63, 3.8) is 0 Å². The van der Waals surface area contributed by atoms with Gasteiger partial charge in [0.25, 0.3) is 0 Å². The molecule has 11 heteroatoms. The lowest BCUT2D eigenvalue weighted by atomic mass is 10.1. The number of carbonyl (C=O) groups is 1. The van der Waals surface area contributed by atoms with E-state index in [1.165, 1.54) is 0 Å². The topological polar surface area (TPSA) is 70.6 Å². The summed E-state index contributed by atoms with van der Waals surface area (Å²) in [6.45, 7) is 3.76. The van der Waals surface area contributed by atoms with Crippen molar-refractivity contribution < 1.29 is 22.7 Å². The number of piperazine rings is 1. The van der Waals surface area contributed by atoms with Crippen molar-refractivity contribution in [3.05, 3.63) is 5.01 Å². The van der Waals surface area contributed by atoms with Gasteiger partial charge in [0.2, 0.25) is 16.0 Å². The molecular formula is C13H18F3N5O2S. The third-order valence-electron chi connectivity index (χ3n) is 3.98. The molecule has 2 fully saturated rings. The largest absolute Gasteiger partial charge is 0.445 e. The van der Waals surface area contributed by atoms with Crippen LogP contribution in [0.25, 0.3) is 0 Å². The molecule has 24 heavy (non-hydrogen) atoms. The Morgan fingerprint density at radius 1 is 1.29 bits per heavy atom. The number of nitrogens with zero attached hydrogens (tertiary/aromatic N) is 4. The zero-order valence-electron chi connectivity index (χ0n) is 12.9. The number of hydrogen-bond donors (Lipinski definition) is 1. The number of aromatic nitrogens is 2. The van der Waals surface area contributed by atoms with E-state index in [4.69, 9.17) is 4.74 Å². The summed E-state index contributed by atoms with van der Waals surface area (Å²) in [6.07, 6.45) is -4.10. The Kier molecular flexibility index (Phi) is 5.21. The van der Waals surface area contributed by atoms with Crippen molar-refractivity contribution in [1.82, 2.24) is 20.4 Å². The Hall–Kier alpha value is -1.46. The first kappa shape index (κ1) is 17.4. The lowest BCUT2D eigenvalue weighted by Gasteiger charge is -2.35. The molecule has 1 atom stereocenters. The zero-order valence-corrected chi connectivity index (χ0v) is 13.7. The van der Waals surface area contributed by atoms with Crippen molar-refractivity contribution >= 4 is 22.4 Å². The molecule has 3 heterocycles. The number of halogens is 3. The van der Waals surface area contributed by atoms with Crippen molar-refractivity contribution in [2.24, 2.45) is 0 Å². The third kappa shape index (κ3) is 4.14. The number of alkyl halides is 3. The number of hydrogen-bond acceptors (Lipinski definition) is 7. The third-order valence-corrected chi connectivity index (χ3v) is 5.01. The second-order valence-electron chi connectivity index (χ2n) is 5.69. The fourth-order valence-corrected chi connectivity index (χ4v) is 3.46. The molecule has 1 aromatic heterocycles. The number of carbonyl (C=O) groups excluding carboxylic acids is 1. The van der Waals surface area contributed by atoms with Crippen LogP contribution in [0.4, 0.5) is 18.3 Å². The van der Waals surface area contributed by atoms with E-state index in [1.54, 1.807) is 9.80 Å². The van der Waals surface area contributed by atoms with Gasteiger partial charge in [-0.1, -0.05) is 11.3 Å². The fourth-order valence-electron chi connectivity index (χ4n) is 2.70. The molecule has 3 rings (SSSR count). The van der Waals surface area contributed by atoms with E-state index in [1.807, 2.05) is 0 Å². The summed E-state index contributed by atoms with van der Waals surface area (Å²) in [5.41, 5.74) is 0. The second-order valence-corrected chi connectivity index (χ2v) is 6.64. The van der Waals surface area contributed by atoms with Crippen LogP contribution in [0.3, 0.4) is 0 Å². The first-order chi connectivity index (χ1) is 11.4. The number of rotatable bonds is 3. The first-order valence-electron chi connectivity index (χ1n) is 7.68. The molecule has 0 spiro atoms. The molecule has 2 aliphatic heterocycles. The molecule has 2 saturated heterocycles. The molecule has 134 valence electrons. The lowest BCUT2D eigenvalue weighted by molar-refractivity contribution is -0.138. The Morgan fingerprint density at radius 2 is 2.04 bits per heavy atom. The number of nitrogens with one attached hydrogen (secondary N) is 1. The molecule has 1 N–H and O–H groups in total. The summed E-state index contributed by atoms with van der Waals surface area (Å²) in [4.78, 5) is 15.8. The Labute approximate surface area is 140 Å². The first-order valence-corrected chi connectivity index (χ1v) is 8.49. The van der Waals surface area contributed by atoms with Gasteiger partial charge in [0.05, 0.1) is 13.2 Å². The molecule has 1 aromatic rings. The summed E-state index contributed by atoms with van der Waals surface area (Å²) in [6, 6.07) is 0.0294. The molecule has 0 radical (unpaired) electrons. The molecule has 7 nitrogen and oxygen atoms in total. The molecule has 0 bridgehead atoms. The van der Waals surface area contributed by atoms with Gasteiger partial charge in [-0.05, 0) is 0 Å². The molecule has 0 aromatic carbocycles. The summed E-state index contributed by atoms with van der Waals surface area (Å²) in [5.74, 6) is 0.0332. The van der Waals surface area contributed by atoms with Gasteiger partial charge in [-0.2, -0.15) is 13.2 Å². The fraction of sp³-hybridized carbons (Fsp3) is 0.769. The van der Waals surface area contributed by atoms with Crippen molar-refractivity contribution in [2.75, 3.05) is 50.8 Å². The van der Waals surface area contributed by atoms with Crippen LogP contribution in [0.2, 0.25) is 0 Å².